The van der Waals surface area contributed by atoms with Crippen LogP contribution in [0.1, 0.15) is 30.5 Å². The van der Waals surface area contributed by atoms with Crippen LogP contribution >= 0.6 is 0 Å². The molecule has 84 valence electrons. The first-order valence-electron chi connectivity index (χ1n) is 5.30. The van der Waals surface area contributed by atoms with Gasteiger partial charge in [-0.05, 0) is 18.9 Å². The van der Waals surface area contributed by atoms with Crippen molar-refractivity contribution >= 4 is 10.8 Å². The summed E-state index contributed by atoms with van der Waals surface area (Å²) in [4.78, 5) is 0. The summed E-state index contributed by atoms with van der Waals surface area (Å²) in [6.07, 6.45) is 0.952. The maximum absolute atomic E-state index is 11.5. The van der Waals surface area contributed by atoms with Gasteiger partial charge < -0.3 is 5.73 Å². The van der Waals surface area contributed by atoms with Crippen molar-refractivity contribution in [2.45, 2.75) is 26.3 Å². The highest BCUT2D eigenvalue weighted by atomic mass is 32.2. The van der Waals surface area contributed by atoms with Crippen LogP contribution in [0.2, 0.25) is 0 Å². The second kappa shape index (κ2) is 6.03. The molecule has 0 radical (unpaired) electrons. The number of rotatable bonds is 5. The highest BCUT2D eigenvalue weighted by Gasteiger charge is 2.09. The fourth-order valence-electron chi connectivity index (χ4n) is 1.42. The fraction of sp³-hybridized carbons (Fsp3) is 0.500. The molecule has 15 heavy (non-hydrogen) atoms. The third-order valence-corrected chi connectivity index (χ3v) is 3.90. The van der Waals surface area contributed by atoms with Gasteiger partial charge in [0.05, 0.1) is 0 Å². The van der Waals surface area contributed by atoms with Crippen LogP contribution in [0, 0.1) is 6.92 Å². The summed E-state index contributed by atoms with van der Waals surface area (Å²) in [5.41, 5.74) is 8.28. The largest absolute Gasteiger partial charge is 0.323 e. The van der Waals surface area contributed by atoms with Crippen LogP contribution in [-0.2, 0) is 10.8 Å². The standard InChI is InChI=1S/C12H19NOS/c1-3-8-15(14)9-12(13)11-6-4-10(2)5-7-11/h4-7,12H,3,8-9,13H2,1-2H3. The predicted octanol–water partition coefficient (Wildman–Crippen LogP) is 2.15. The smallest absolute Gasteiger partial charge is 0.0428 e. The molecule has 2 N–H and O–H groups in total. The molecule has 0 aromatic heterocycles. The zero-order valence-corrected chi connectivity index (χ0v) is 10.2. The molecule has 0 saturated carbocycles. The number of benzene rings is 1. The lowest BCUT2D eigenvalue weighted by atomic mass is 10.1. The number of aryl methyl sites for hydroxylation is 1. The first kappa shape index (κ1) is 12.4. The molecule has 0 bridgehead atoms. The lowest BCUT2D eigenvalue weighted by Gasteiger charge is -2.11. The molecule has 2 unspecified atom stereocenters. The van der Waals surface area contributed by atoms with Gasteiger partial charge in [-0.1, -0.05) is 36.8 Å². The average Bonchev–Trinajstić information content (AvgIpc) is 2.18. The predicted molar refractivity (Wildman–Crippen MR) is 66.3 cm³/mol. The maximum atomic E-state index is 11.5. The highest BCUT2D eigenvalue weighted by Crippen LogP contribution is 2.12. The Morgan fingerprint density at radius 2 is 1.93 bits per heavy atom. The van der Waals surface area contributed by atoms with E-state index < -0.39 is 10.8 Å². The molecule has 1 aromatic carbocycles. The lowest BCUT2D eigenvalue weighted by Crippen LogP contribution is -2.19. The minimum Gasteiger partial charge on any atom is -0.323 e. The van der Waals surface area contributed by atoms with Gasteiger partial charge in [0.1, 0.15) is 0 Å². The molecule has 0 heterocycles. The van der Waals surface area contributed by atoms with Gasteiger partial charge in [-0.2, -0.15) is 0 Å². The monoisotopic (exact) mass is 225 g/mol. The molecular formula is C12H19NOS. The molecule has 1 aromatic rings. The Kier molecular flexibility index (Phi) is 4.99. The van der Waals surface area contributed by atoms with Gasteiger partial charge in [0.25, 0.3) is 0 Å². The van der Waals surface area contributed by atoms with Crippen molar-refractivity contribution in [3.05, 3.63) is 35.4 Å². The topological polar surface area (TPSA) is 43.1 Å². The highest BCUT2D eigenvalue weighted by molar-refractivity contribution is 7.85. The Hall–Kier alpha value is -0.670. The van der Waals surface area contributed by atoms with Crippen LogP contribution < -0.4 is 5.73 Å². The molecule has 2 nitrogen and oxygen atoms in total. The second-order valence-electron chi connectivity index (χ2n) is 3.83. The number of hydrogen-bond acceptors (Lipinski definition) is 2. The lowest BCUT2D eigenvalue weighted by molar-refractivity contribution is 0.674. The van der Waals surface area contributed by atoms with Gasteiger partial charge in [-0.25, -0.2) is 0 Å². The van der Waals surface area contributed by atoms with Gasteiger partial charge in [-0.3, -0.25) is 4.21 Å². The van der Waals surface area contributed by atoms with Crippen molar-refractivity contribution in [2.24, 2.45) is 5.73 Å². The van der Waals surface area contributed by atoms with E-state index in [0.717, 1.165) is 17.7 Å². The summed E-state index contributed by atoms with van der Waals surface area (Å²) in [5.74, 6) is 1.32. The minimum absolute atomic E-state index is 0.0991. The Morgan fingerprint density at radius 1 is 1.33 bits per heavy atom. The minimum atomic E-state index is -0.781. The van der Waals surface area contributed by atoms with Crippen molar-refractivity contribution in [3.63, 3.8) is 0 Å². The summed E-state index contributed by atoms with van der Waals surface area (Å²) in [5, 5.41) is 0. The van der Waals surface area contributed by atoms with Crippen LogP contribution in [0.4, 0.5) is 0 Å². The van der Waals surface area contributed by atoms with Crippen LogP contribution in [0.25, 0.3) is 0 Å². The van der Waals surface area contributed by atoms with E-state index in [1.807, 2.05) is 38.1 Å². The first-order chi connectivity index (χ1) is 7.13. The summed E-state index contributed by atoms with van der Waals surface area (Å²) >= 11 is 0. The Labute approximate surface area is 94.3 Å². The van der Waals surface area contributed by atoms with E-state index in [9.17, 15) is 4.21 Å². The molecule has 0 spiro atoms. The van der Waals surface area contributed by atoms with Gasteiger partial charge in [0, 0.05) is 28.3 Å². The van der Waals surface area contributed by atoms with Crippen LogP contribution in [0.3, 0.4) is 0 Å². The van der Waals surface area contributed by atoms with Crippen molar-refractivity contribution < 1.29 is 4.21 Å². The van der Waals surface area contributed by atoms with E-state index >= 15 is 0 Å². The van der Waals surface area contributed by atoms with E-state index in [-0.39, 0.29) is 6.04 Å². The second-order valence-corrected chi connectivity index (χ2v) is 5.45. The molecule has 0 saturated heterocycles. The fourth-order valence-corrected chi connectivity index (χ4v) is 2.64. The molecule has 0 amide bonds. The molecule has 0 aliphatic rings. The van der Waals surface area contributed by atoms with Crippen LogP contribution in [0.5, 0.6) is 0 Å². The third kappa shape index (κ3) is 4.14. The molecular weight excluding hydrogens is 206 g/mol. The van der Waals surface area contributed by atoms with Gasteiger partial charge in [-0.15, -0.1) is 0 Å². The quantitative estimate of drug-likeness (QED) is 0.834. The third-order valence-electron chi connectivity index (χ3n) is 2.30. The molecule has 0 aliphatic heterocycles. The average molecular weight is 225 g/mol. The van der Waals surface area contributed by atoms with Crippen molar-refractivity contribution in [1.29, 1.82) is 0 Å². The zero-order valence-electron chi connectivity index (χ0n) is 9.40. The van der Waals surface area contributed by atoms with E-state index in [2.05, 4.69) is 0 Å². The Balaban J connectivity index is 2.57. The van der Waals surface area contributed by atoms with E-state index in [0.29, 0.717) is 5.75 Å². The SMILES string of the molecule is CCCS(=O)CC(N)c1ccc(C)cc1. The van der Waals surface area contributed by atoms with Gasteiger partial charge in [0.2, 0.25) is 0 Å². The Bertz CT molecular complexity index is 321. The maximum Gasteiger partial charge on any atom is 0.0428 e. The molecule has 3 heteroatoms. The van der Waals surface area contributed by atoms with Gasteiger partial charge >= 0.3 is 0 Å². The number of hydrogen-bond donors (Lipinski definition) is 1. The summed E-state index contributed by atoms with van der Waals surface area (Å²) in [7, 11) is -0.781. The van der Waals surface area contributed by atoms with E-state index in [1.165, 1.54) is 5.56 Å². The number of nitrogens with two attached hydrogens (primary N) is 1. The van der Waals surface area contributed by atoms with Crippen LogP contribution in [0.15, 0.2) is 24.3 Å². The van der Waals surface area contributed by atoms with Crippen molar-refractivity contribution in [1.82, 2.24) is 0 Å². The molecule has 2 atom stereocenters. The summed E-state index contributed by atoms with van der Waals surface area (Å²) in [6, 6.07) is 8.01. The van der Waals surface area contributed by atoms with E-state index in [1.54, 1.807) is 0 Å². The van der Waals surface area contributed by atoms with Crippen LogP contribution in [-0.4, -0.2) is 15.7 Å². The van der Waals surface area contributed by atoms with Crippen molar-refractivity contribution in [2.75, 3.05) is 11.5 Å². The normalized spacial score (nSPS) is 14.9. The molecule has 1 rings (SSSR count). The van der Waals surface area contributed by atoms with E-state index in [4.69, 9.17) is 5.73 Å². The van der Waals surface area contributed by atoms with Gasteiger partial charge in [0.15, 0.2) is 0 Å². The summed E-state index contributed by atoms with van der Waals surface area (Å²) < 4.78 is 11.5. The molecule has 0 aliphatic carbocycles. The zero-order chi connectivity index (χ0) is 11.3. The summed E-state index contributed by atoms with van der Waals surface area (Å²) in [6.45, 7) is 4.08. The molecule has 0 fully saturated rings. The van der Waals surface area contributed by atoms with Crippen molar-refractivity contribution in [3.8, 4) is 0 Å². The first-order valence-corrected chi connectivity index (χ1v) is 6.79. The Morgan fingerprint density at radius 3 is 2.47 bits per heavy atom.